The number of H-pyrrole nitrogens is 1. The first kappa shape index (κ1) is 22.9. The first-order valence-corrected chi connectivity index (χ1v) is 11.9. The van der Waals surface area contributed by atoms with Crippen molar-refractivity contribution in [2.45, 2.75) is 25.8 Å². The molecule has 2 aliphatic rings. The predicted molar refractivity (Wildman–Crippen MR) is 137 cm³/mol. The highest BCUT2D eigenvalue weighted by Crippen LogP contribution is 2.34. The Morgan fingerprint density at radius 1 is 1.20 bits per heavy atom. The lowest BCUT2D eigenvalue weighted by Gasteiger charge is -2.35. The van der Waals surface area contributed by atoms with Gasteiger partial charge in [0.25, 0.3) is 0 Å². The molecule has 0 bridgehead atoms. The number of urea groups is 1. The number of carbonyl (C=O) groups excluding carboxylic acids is 1. The van der Waals surface area contributed by atoms with Gasteiger partial charge in [-0.05, 0) is 49.1 Å². The first-order valence-electron chi connectivity index (χ1n) is 11.9. The van der Waals surface area contributed by atoms with Crippen LogP contribution in [0.15, 0.2) is 42.6 Å². The second-order valence-corrected chi connectivity index (χ2v) is 8.85. The molecule has 1 atom stereocenters. The summed E-state index contributed by atoms with van der Waals surface area (Å²) in [6.45, 7) is 5.74. The van der Waals surface area contributed by atoms with Gasteiger partial charge in [0.05, 0.1) is 25.5 Å². The lowest BCUT2D eigenvalue weighted by molar-refractivity contribution is 0.0985. The number of hydrogen-bond acceptors (Lipinski definition) is 7. The van der Waals surface area contributed by atoms with Gasteiger partial charge < -0.3 is 30.6 Å². The van der Waals surface area contributed by atoms with Gasteiger partial charge >= 0.3 is 6.03 Å². The Hall–Kier alpha value is -3.92. The van der Waals surface area contributed by atoms with E-state index < -0.39 is 0 Å². The fraction of sp³-hybridized carbons (Fsp3) is 0.360. The molecule has 2 amide bonds. The van der Waals surface area contributed by atoms with E-state index in [0.29, 0.717) is 30.4 Å². The van der Waals surface area contributed by atoms with E-state index in [1.165, 1.54) is 6.21 Å². The van der Waals surface area contributed by atoms with Gasteiger partial charge in [0.1, 0.15) is 17.5 Å². The molecule has 4 heterocycles. The number of ether oxygens (including phenoxy) is 1. The van der Waals surface area contributed by atoms with E-state index in [0.717, 1.165) is 55.1 Å². The van der Waals surface area contributed by atoms with Gasteiger partial charge in [-0.3, -0.25) is 5.10 Å². The zero-order valence-electron chi connectivity index (χ0n) is 19.8. The third kappa shape index (κ3) is 4.97. The minimum absolute atomic E-state index is 0.0611. The van der Waals surface area contributed by atoms with Gasteiger partial charge in [-0.15, -0.1) is 0 Å². The fourth-order valence-corrected chi connectivity index (χ4v) is 4.55. The third-order valence-electron chi connectivity index (χ3n) is 6.45. The molecule has 1 aromatic carbocycles. The molecule has 2 aliphatic heterocycles. The highest BCUT2D eigenvalue weighted by molar-refractivity contribution is 5.97. The first-order chi connectivity index (χ1) is 17.1. The van der Waals surface area contributed by atoms with Crippen LogP contribution in [0, 0.1) is 5.41 Å². The summed E-state index contributed by atoms with van der Waals surface area (Å²) in [5.74, 6) is 2.08. The van der Waals surface area contributed by atoms with Crippen LogP contribution >= 0.6 is 0 Å². The van der Waals surface area contributed by atoms with Crippen LogP contribution in [0.5, 0.6) is 0 Å². The number of carbonyl (C=O) groups is 1. The molecule has 2 fully saturated rings. The number of nitrogens with one attached hydrogen (secondary N) is 4. The number of rotatable bonds is 6. The van der Waals surface area contributed by atoms with Crippen LogP contribution in [0.25, 0.3) is 11.1 Å². The van der Waals surface area contributed by atoms with Crippen LogP contribution in [0.3, 0.4) is 0 Å². The van der Waals surface area contributed by atoms with E-state index in [1.54, 1.807) is 6.20 Å². The molecule has 2 saturated heterocycles. The Bertz CT molecular complexity index is 1170. The average Bonchev–Trinajstić information content (AvgIpc) is 3.59. The zero-order chi connectivity index (χ0) is 24.2. The quantitative estimate of drug-likeness (QED) is 0.400. The van der Waals surface area contributed by atoms with Crippen molar-refractivity contribution in [3.8, 4) is 11.1 Å². The van der Waals surface area contributed by atoms with Crippen LogP contribution in [0.1, 0.15) is 25.3 Å². The summed E-state index contributed by atoms with van der Waals surface area (Å²) in [5.41, 5.74) is 3.22. The van der Waals surface area contributed by atoms with Crippen LogP contribution in [0.4, 0.5) is 27.9 Å². The fourth-order valence-electron chi connectivity index (χ4n) is 4.55. The summed E-state index contributed by atoms with van der Waals surface area (Å²) in [6.07, 6.45) is 5.09. The molecular formula is C25H30N8O2. The SMILES string of the molecule is C[C@@H]1COCCN1c1cc(-c2ccc(NC(=O)N3CCCC3)cc2)c(C=N)c(Nc2ccn[nH]2)n1. The van der Waals surface area contributed by atoms with Crippen LogP contribution in [-0.2, 0) is 4.74 Å². The van der Waals surface area contributed by atoms with Crippen LogP contribution in [0.2, 0.25) is 0 Å². The molecule has 0 radical (unpaired) electrons. The molecule has 0 saturated carbocycles. The molecule has 0 unspecified atom stereocenters. The van der Waals surface area contributed by atoms with E-state index in [1.807, 2.05) is 41.3 Å². The van der Waals surface area contributed by atoms with E-state index in [4.69, 9.17) is 15.1 Å². The normalized spacial score (nSPS) is 17.9. The number of nitrogens with zero attached hydrogens (tertiary/aromatic N) is 4. The minimum Gasteiger partial charge on any atom is -0.377 e. The molecule has 35 heavy (non-hydrogen) atoms. The van der Waals surface area contributed by atoms with E-state index in [9.17, 15) is 4.79 Å². The van der Waals surface area contributed by atoms with Crippen molar-refractivity contribution < 1.29 is 9.53 Å². The molecule has 4 N–H and O–H groups in total. The number of hydrogen-bond donors (Lipinski definition) is 4. The van der Waals surface area contributed by atoms with Crippen LogP contribution < -0.4 is 15.5 Å². The van der Waals surface area contributed by atoms with E-state index >= 15 is 0 Å². The maximum absolute atomic E-state index is 12.5. The van der Waals surface area contributed by atoms with Crippen molar-refractivity contribution in [3.63, 3.8) is 0 Å². The molecule has 5 rings (SSSR count). The topological polar surface area (TPSA) is 122 Å². The Morgan fingerprint density at radius 2 is 2.00 bits per heavy atom. The summed E-state index contributed by atoms with van der Waals surface area (Å²) >= 11 is 0. The van der Waals surface area contributed by atoms with Gasteiger partial charge in [-0.1, -0.05) is 12.1 Å². The van der Waals surface area contributed by atoms with Crippen molar-refractivity contribution in [1.29, 1.82) is 5.41 Å². The lowest BCUT2D eigenvalue weighted by atomic mass is 10.00. The molecular weight excluding hydrogens is 444 g/mol. The lowest BCUT2D eigenvalue weighted by Crippen LogP contribution is -2.44. The third-order valence-corrected chi connectivity index (χ3v) is 6.45. The zero-order valence-corrected chi connectivity index (χ0v) is 19.8. The average molecular weight is 475 g/mol. The second kappa shape index (κ2) is 10.1. The Morgan fingerprint density at radius 3 is 2.69 bits per heavy atom. The van der Waals surface area contributed by atoms with Gasteiger partial charge in [0, 0.05) is 43.2 Å². The maximum Gasteiger partial charge on any atom is 0.321 e. The smallest absolute Gasteiger partial charge is 0.321 e. The highest BCUT2D eigenvalue weighted by Gasteiger charge is 2.23. The van der Waals surface area contributed by atoms with Crippen molar-refractivity contribution in [3.05, 3.63) is 48.2 Å². The summed E-state index contributed by atoms with van der Waals surface area (Å²) in [4.78, 5) is 21.4. The van der Waals surface area contributed by atoms with Crippen molar-refractivity contribution in [2.75, 3.05) is 48.4 Å². The van der Waals surface area contributed by atoms with Gasteiger partial charge in [0.15, 0.2) is 0 Å². The summed E-state index contributed by atoms with van der Waals surface area (Å²) in [6, 6.07) is 11.7. The molecule has 182 valence electrons. The van der Waals surface area contributed by atoms with Crippen molar-refractivity contribution in [1.82, 2.24) is 20.1 Å². The standard InChI is InChI=1S/C25H30N8O2/c1-17-16-35-13-12-33(17)23-14-20(21(15-26)24(30-23)29-22-8-9-27-31-22)18-4-6-19(7-5-18)28-25(34)32-10-2-3-11-32/h4-9,14-15,17,26H,2-3,10-13,16H2,1H3,(H,28,34)(H2,27,29,30,31)/t17-/m1/s1. The van der Waals surface area contributed by atoms with Gasteiger partial charge in [0.2, 0.25) is 0 Å². The van der Waals surface area contributed by atoms with E-state index in [2.05, 4.69) is 32.7 Å². The molecule has 10 heteroatoms. The molecule has 3 aromatic rings. The monoisotopic (exact) mass is 474 g/mol. The molecule has 0 spiro atoms. The Kier molecular flexibility index (Phi) is 6.62. The molecule has 0 aliphatic carbocycles. The van der Waals surface area contributed by atoms with Crippen LogP contribution in [-0.4, -0.2) is 71.2 Å². The summed E-state index contributed by atoms with van der Waals surface area (Å²) in [7, 11) is 0. The number of aromatic nitrogens is 3. The van der Waals surface area contributed by atoms with Gasteiger partial charge in [-0.2, -0.15) is 5.10 Å². The minimum atomic E-state index is -0.0611. The van der Waals surface area contributed by atoms with Gasteiger partial charge in [-0.25, -0.2) is 9.78 Å². The second-order valence-electron chi connectivity index (χ2n) is 8.85. The highest BCUT2D eigenvalue weighted by atomic mass is 16.5. The molecule has 2 aromatic heterocycles. The molecule has 10 nitrogen and oxygen atoms in total. The van der Waals surface area contributed by atoms with Crippen molar-refractivity contribution >= 4 is 35.4 Å². The van der Waals surface area contributed by atoms with Crippen molar-refractivity contribution in [2.24, 2.45) is 0 Å². The predicted octanol–water partition coefficient (Wildman–Crippen LogP) is 4.07. The number of aromatic amines is 1. The number of anilines is 4. The van der Waals surface area contributed by atoms with E-state index in [-0.39, 0.29) is 12.1 Å². The number of morpholine rings is 1. The Labute approximate surface area is 204 Å². The summed E-state index contributed by atoms with van der Waals surface area (Å²) in [5, 5.41) is 21.3. The largest absolute Gasteiger partial charge is 0.377 e. The summed E-state index contributed by atoms with van der Waals surface area (Å²) < 4.78 is 5.62. The number of likely N-dealkylation sites (tertiary alicyclic amines) is 1. The number of pyridine rings is 1. The number of amides is 2. The maximum atomic E-state index is 12.5. The number of benzene rings is 1. The Balaban J connectivity index is 1.49.